The van der Waals surface area contributed by atoms with E-state index < -0.39 is 0 Å². The van der Waals surface area contributed by atoms with Crippen LogP contribution in [-0.4, -0.2) is 29.3 Å². The van der Waals surface area contributed by atoms with Gasteiger partial charge in [0.15, 0.2) is 4.34 Å². The molecular formula is C9H10BrN5S2. The molecule has 0 radical (unpaired) electrons. The van der Waals surface area contributed by atoms with Gasteiger partial charge in [-0.1, -0.05) is 11.3 Å². The summed E-state index contributed by atoms with van der Waals surface area (Å²) in [5.41, 5.74) is 6.50. The maximum atomic E-state index is 5.87. The Morgan fingerprint density at radius 3 is 2.76 bits per heavy atom. The minimum Gasteiger partial charge on any atom is -0.396 e. The number of hydrogen-bond donors (Lipinski definition) is 1. The monoisotopic (exact) mass is 331 g/mol. The van der Waals surface area contributed by atoms with E-state index in [0.29, 0.717) is 5.69 Å². The smallest absolute Gasteiger partial charge is 0.208 e. The largest absolute Gasteiger partial charge is 0.396 e. The molecule has 5 nitrogen and oxygen atoms in total. The highest BCUT2D eigenvalue weighted by atomic mass is 79.9. The van der Waals surface area contributed by atoms with E-state index in [1.54, 1.807) is 6.20 Å². The Balaban J connectivity index is 2.19. The molecule has 0 aliphatic carbocycles. The molecule has 0 unspecified atom stereocenters. The lowest BCUT2D eigenvalue weighted by atomic mass is 10.4. The highest BCUT2D eigenvalue weighted by Gasteiger charge is 2.10. The Hall–Kier alpha value is -0.860. The topological polar surface area (TPSA) is 67.9 Å². The molecule has 0 aromatic carbocycles. The molecule has 90 valence electrons. The molecule has 2 rings (SSSR count). The SMILES string of the molecule is CN(C)c1nnc(Sc2ncc(Br)cc2N)s1. The maximum Gasteiger partial charge on any atom is 0.208 e. The van der Waals surface area contributed by atoms with E-state index in [0.717, 1.165) is 19.0 Å². The molecule has 0 spiro atoms. The summed E-state index contributed by atoms with van der Waals surface area (Å²) in [6, 6.07) is 1.82. The Morgan fingerprint density at radius 1 is 1.41 bits per heavy atom. The third kappa shape index (κ3) is 3.08. The molecule has 0 atom stereocenters. The molecule has 2 heterocycles. The van der Waals surface area contributed by atoms with Gasteiger partial charge in [-0.2, -0.15) is 0 Å². The van der Waals surface area contributed by atoms with E-state index in [4.69, 9.17) is 5.73 Å². The van der Waals surface area contributed by atoms with Crippen LogP contribution < -0.4 is 10.6 Å². The number of anilines is 2. The molecule has 0 amide bonds. The van der Waals surface area contributed by atoms with E-state index in [1.165, 1.54) is 23.1 Å². The van der Waals surface area contributed by atoms with Crippen LogP contribution in [0.5, 0.6) is 0 Å². The van der Waals surface area contributed by atoms with E-state index in [9.17, 15) is 0 Å². The van der Waals surface area contributed by atoms with Crippen molar-refractivity contribution in [1.82, 2.24) is 15.2 Å². The van der Waals surface area contributed by atoms with Crippen molar-refractivity contribution in [2.75, 3.05) is 24.7 Å². The fraction of sp³-hybridized carbons (Fsp3) is 0.222. The molecule has 2 aromatic rings. The molecular weight excluding hydrogens is 322 g/mol. The van der Waals surface area contributed by atoms with Gasteiger partial charge >= 0.3 is 0 Å². The Kier molecular flexibility index (Phi) is 3.85. The van der Waals surface area contributed by atoms with Gasteiger partial charge in [-0.3, -0.25) is 0 Å². The second-order valence-corrected chi connectivity index (χ2v) is 6.50. The quantitative estimate of drug-likeness (QED) is 0.931. The second kappa shape index (κ2) is 5.19. The number of nitrogens with two attached hydrogens (primary N) is 1. The van der Waals surface area contributed by atoms with E-state index in [-0.39, 0.29) is 0 Å². The van der Waals surface area contributed by atoms with Crippen LogP contribution >= 0.6 is 39.0 Å². The van der Waals surface area contributed by atoms with Crippen LogP contribution in [-0.2, 0) is 0 Å². The number of rotatable bonds is 3. The van der Waals surface area contributed by atoms with Gasteiger partial charge in [0.05, 0.1) is 5.69 Å². The molecule has 0 saturated heterocycles. The average Bonchev–Trinajstić information content (AvgIpc) is 2.71. The fourth-order valence-electron chi connectivity index (χ4n) is 1.03. The third-order valence-corrected chi connectivity index (χ3v) is 4.42. The maximum absolute atomic E-state index is 5.87. The van der Waals surface area contributed by atoms with Gasteiger partial charge in [0, 0.05) is 24.8 Å². The molecule has 8 heteroatoms. The number of pyridine rings is 1. The normalized spacial score (nSPS) is 10.5. The zero-order chi connectivity index (χ0) is 12.4. The van der Waals surface area contributed by atoms with Crippen LogP contribution in [0.25, 0.3) is 0 Å². The van der Waals surface area contributed by atoms with E-state index in [1.807, 2.05) is 25.1 Å². The number of nitrogens with zero attached hydrogens (tertiary/aromatic N) is 4. The van der Waals surface area contributed by atoms with Crippen LogP contribution in [0.2, 0.25) is 0 Å². The van der Waals surface area contributed by atoms with Gasteiger partial charge in [0.2, 0.25) is 5.13 Å². The molecule has 17 heavy (non-hydrogen) atoms. The lowest BCUT2D eigenvalue weighted by Crippen LogP contribution is -2.07. The van der Waals surface area contributed by atoms with Gasteiger partial charge in [0.1, 0.15) is 5.03 Å². The number of nitrogen functional groups attached to an aromatic ring is 1. The minimum absolute atomic E-state index is 0.631. The van der Waals surface area contributed by atoms with Crippen molar-refractivity contribution in [3.63, 3.8) is 0 Å². The van der Waals surface area contributed by atoms with Crippen LogP contribution in [0.3, 0.4) is 0 Å². The summed E-state index contributed by atoms with van der Waals surface area (Å²) >= 11 is 6.25. The van der Waals surface area contributed by atoms with Crippen LogP contribution in [0.1, 0.15) is 0 Å². The van der Waals surface area contributed by atoms with Crippen molar-refractivity contribution in [3.8, 4) is 0 Å². The first-order valence-corrected chi connectivity index (χ1v) is 7.08. The van der Waals surface area contributed by atoms with Crippen molar-refractivity contribution in [1.29, 1.82) is 0 Å². The van der Waals surface area contributed by atoms with Gasteiger partial charge in [-0.15, -0.1) is 10.2 Å². The zero-order valence-corrected chi connectivity index (χ0v) is 12.4. The lowest BCUT2D eigenvalue weighted by Gasteiger charge is -2.04. The summed E-state index contributed by atoms with van der Waals surface area (Å²) in [6.45, 7) is 0. The standard InChI is InChI=1S/C9H10BrN5S2/c1-15(2)8-13-14-9(17-8)16-7-6(11)3-5(10)4-12-7/h3-4H,11H2,1-2H3. The van der Waals surface area contributed by atoms with E-state index in [2.05, 4.69) is 31.1 Å². The Morgan fingerprint density at radius 2 is 2.18 bits per heavy atom. The lowest BCUT2D eigenvalue weighted by molar-refractivity contribution is 0.970. The second-order valence-electron chi connectivity index (χ2n) is 3.39. The van der Waals surface area contributed by atoms with Crippen molar-refractivity contribution in [2.24, 2.45) is 0 Å². The Labute approximate surface area is 116 Å². The van der Waals surface area contributed by atoms with Crippen LogP contribution in [0, 0.1) is 0 Å². The fourth-order valence-corrected chi connectivity index (χ4v) is 3.04. The number of aromatic nitrogens is 3. The molecule has 0 aliphatic heterocycles. The van der Waals surface area contributed by atoms with Gasteiger partial charge in [-0.25, -0.2) is 4.98 Å². The predicted molar refractivity (Wildman–Crippen MR) is 74.7 cm³/mol. The van der Waals surface area contributed by atoms with Gasteiger partial charge < -0.3 is 10.6 Å². The first-order valence-electron chi connectivity index (χ1n) is 4.66. The number of halogens is 1. The minimum atomic E-state index is 0.631. The summed E-state index contributed by atoms with van der Waals surface area (Å²) in [7, 11) is 3.86. The van der Waals surface area contributed by atoms with Crippen molar-refractivity contribution >= 4 is 49.8 Å². The predicted octanol–water partition coefficient (Wildman–Crippen LogP) is 2.49. The first-order chi connectivity index (χ1) is 8.06. The summed E-state index contributed by atoms with van der Waals surface area (Å²) in [5.74, 6) is 0. The molecule has 0 bridgehead atoms. The van der Waals surface area contributed by atoms with Crippen molar-refractivity contribution in [3.05, 3.63) is 16.7 Å². The number of hydrogen-bond acceptors (Lipinski definition) is 7. The van der Waals surface area contributed by atoms with Crippen LogP contribution in [0.4, 0.5) is 10.8 Å². The Bertz CT molecular complexity index is 528. The molecule has 0 saturated carbocycles. The van der Waals surface area contributed by atoms with E-state index >= 15 is 0 Å². The molecule has 2 aromatic heterocycles. The molecule has 2 N–H and O–H groups in total. The van der Waals surface area contributed by atoms with Gasteiger partial charge in [0.25, 0.3) is 0 Å². The van der Waals surface area contributed by atoms with Crippen LogP contribution in [0.15, 0.2) is 26.1 Å². The summed E-state index contributed by atoms with van der Waals surface area (Å²) in [5, 5.41) is 9.74. The summed E-state index contributed by atoms with van der Waals surface area (Å²) in [6.07, 6.45) is 1.71. The van der Waals surface area contributed by atoms with Crippen molar-refractivity contribution < 1.29 is 0 Å². The first kappa shape index (κ1) is 12.6. The van der Waals surface area contributed by atoms with Gasteiger partial charge in [-0.05, 0) is 33.8 Å². The molecule has 0 aliphatic rings. The summed E-state index contributed by atoms with van der Waals surface area (Å²) < 4.78 is 1.70. The third-order valence-electron chi connectivity index (χ3n) is 1.81. The van der Waals surface area contributed by atoms with Crippen molar-refractivity contribution in [2.45, 2.75) is 9.37 Å². The zero-order valence-electron chi connectivity index (χ0n) is 9.22. The molecule has 0 fully saturated rings. The average molecular weight is 332 g/mol. The summed E-state index contributed by atoms with van der Waals surface area (Å²) in [4.78, 5) is 6.16. The highest BCUT2D eigenvalue weighted by Crippen LogP contribution is 2.34. The highest BCUT2D eigenvalue weighted by molar-refractivity contribution is 9.10.